The van der Waals surface area contributed by atoms with Crippen molar-refractivity contribution in [1.29, 1.82) is 0 Å². The molecule has 5 heteroatoms. The monoisotopic (exact) mass is 460 g/mol. The molecule has 3 amide bonds. The topological polar surface area (TPSA) is 57.7 Å². The van der Waals surface area contributed by atoms with Crippen molar-refractivity contribution in [3.63, 3.8) is 0 Å². The number of fused-ring (bicyclic) bond motifs is 1. The van der Waals surface area contributed by atoms with Crippen LogP contribution < -0.4 is 0 Å². The first-order valence-corrected chi connectivity index (χ1v) is 12.5. The highest BCUT2D eigenvalue weighted by molar-refractivity contribution is 6.01. The summed E-state index contributed by atoms with van der Waals surface area (Å²) in [7, 11) is 0. The van der Waals surface area contributed by atoms with Crippen molar-refractivity contribution >= 4 is 18.2 Å². The van der Waals surface area contributed by atoms with E-state index in [9.17, 15) is 14.4 Å². The minimum absolute atomic E-state index is 0.0149. The number of hydrogen-bond acceptors (Lipinski definition) is 3. The second-order valence-electron chi connectivity index (χ2n) is 10.2. The van der Waals surface area contributed by atoms with Gasteiger partial charge in [-0.2, -0.15) is 0 Å². The molecule has 0 saturated heterocycles. The minimum Gasteiger partial charge on any atom is -0.333 e. The zero-order valence-corrected chi connectivity index (χ0v) is 20.8. The first kappa shape index (κ1) is 24.2. The Hall–Kier alpha value is -2.95. The van der Waals surface area contributed by atoms with Crippen molar-refractivity contribution in [2.45, 2.75) is 65.8 Å². The number of nitrogens with zero attached hydrogens (tertiary/aromatic N) is 2. The van der Waals surface area contributed by atoms with E-state index in [1.54, 1.807) is 6.07 Å². The van der Waals surface area contributed by atoms with E-state index < -0.39 is 0 Å². The van der Waals surface area contributed by atoms with E-state index in [0.29, 0.717) is 24.4 Å². The van der Waals surface area contributed by atoms with Gasteiger partial charge in [-0.3, -0.25) is 19.3 Å². The largest absolute Gasteiger partial charge is 0.333 e. The summed E-state index contributed by atoms with van der Waals surface area (Å²) in [4.78, 5) is 42.5. The lowest BCUT2D eigenvalue weighted by atomic mass is 9.78. The van der Waals surface area contributed by atoms with Crippen LogP contribution in [0.25, 0.3) is 0 Å². The smallest absolute Gasteiger partial charge is 0.260 e. The third kappa shape index (κ3) is 4.66. The Kier molecular flexibility index (Phi) is 7.20. The molecule has 1 aliphatic heterocycles. The maximum absolute atomic E-state index is 13.8. The van der Waals surface area contributed by atoms with Crippen LogP contribution in [0.3, 0.4) is 0 Å². The summed E-state index contributed by atoms with van der Waals surface area (Å²) in [6.45, 7) is 9.02. The lowest BCUT2D eigenvalue weighted by Gasteiger charge is -2.42. The van der Waals surface area contributed by atoms with Crippen LogP contribution in [0.1, 0.15) is 76.8 Å². The highest BCUT2D eigenvalue weighted by Crippen LogP contribution is 2.37. The van der Waals surface area contributed by atoms with Crippen LogP contribution in [0.5, 0.6) is 0 Å². The second kappa shape index (κ2) is 10.1. The number of amides is 3. The van der Waals surface area contributed by atoms with E-state index in [1.807, 2.05) is 30.0 Å². The molecule has 1 aliphatic carbocycles. The molecule has 1 heterocycles. The Morgan fingerprint density at radius 2 is 1.74 bits per heavy atom. The molecule has 180 valence electrons. The van der Waals surface area contributed by atoms with E-state index in [4.69, 9.17) is 0 Å². The van der Waals surface area contributed by atoms with Crippen LogP contribution in [0.2, 0.25) is 0 Å². The summed E-state index contributed by atoms with van der Waals surface area (Å²) in [6.07, 6.45) is 5.68. The number of hydrogen-bond donors (Lipinski definition) is 0. The van der Waals surface area contributed by atoms with Crippen molar-refractivity contribution in [3.05, 3.63) is 69.8 Å². The highest BCUT2D eigenvalue weighted by Gasteiger charge is 2.38. The Balaban J connectivity index is 1.70. The van der Waals surface area contributed by atoms with Crippen molar-refractivity contribution in [2.24, 2.45) is 11.8 Å². The molecule has 3 unspecified atom stereocenters. The SMILES string of the molecule is Cc1cc2c(cc1C)C(CN(C=O)C(=O)c1ccccc1C)N(C(=O)C1CCCCC1C)CC2. The first-order chi connectivity index (χ1) is 16.3. The Morgan fingerprint density at radius 1 is 1.03 bits per heavy atom. The molecule has 0 radical (unpaired) electrons. The minimum atomic E-state index is -0.331. The normalized spacial score (nSPS) is 22.1. The standard InChI is InChI=1S/C29H36N2O3/c1-19-9-5-7-11-24(19)28(33)30(18-32)17-27-26-16-22(4)21(3)15-23(26)13-14-31(27)29(34)25-12-8-6-10-20(25)2/h5,7,9,11,15-16,18,20,25,27H,6,8,10,12-14,17H2,1-4H3. The van der Waals surface area contributed by atoms with Gasteiger partial charge in [-0.05, 0) is 79.8 Å². The molecule has 0 aromatic heterocycles. The van der Waals surface area contributed by atoms with Crippen molar-refractivity contribution in [3.8, 4) is 0 Å². The van der Waals surface area contributed by atoms with Gasteiger partial charge in [0.1, 0.15) is 0 Å². The van der Waals surface area contributed by atoms with E-state index in [2.05, 4.69) is 32.9 Å². The molecule has 34 heavy (non-hydrogen) atoms. The summed E-state index contributed by atoms with van der Waals surface area (Å²) >= 11 is 0. The predicted octanol–water partition coefficient (Wildman–Crippen LogP) is 5.16. The molecule has 0 bridgehead atoms. The van der Waals surface area contributed by atoms with Crippen LogP contribution in [-0.2, 0) is 16.0 Å². The lowest BCUT2D eigenvalue weighted by Crippen LogP contribution is -2.49. The van der Waals surface area contributed by atoms with E-state index in [0.717, 1.165) is 42.4 Å². The van der Waals surface area contributed by atoms with Crippen molar-refractivity contribution in [2.75, 3.05) is 13.1 Å². The molecule has 2 aromatic carbocycles. The van der Waals surface area contributed by atoms with Crippen molar-refractivity contribution in [1.82, 2.24) is 9.80 Å². The zero-order valence-electron chi connectivity index (χ0n) is 20.8. The number of carbonyl (C=O) groups excluding carboxylic acids is 3. The van der Waals surface area contributed by atoms with Crippen LogP contribution in [0, 0.1) is 32.6 Å². The van der Waals surface area contributed by atoms with Crippen LogP contribution in [0.4, 0.5) is 0 Å². The lowest BCUT2D eigenvalue weighted by molar-refractivity contribution is -0.142. The van der Waals surface area contributed by atoms with Gasteiger partial charge < -0.3 is 4.90 Å². The Labute approximate surface area is 203 Å². The van der Waals surface area contributed by atoms with Gasteiger partial charge in [0.2, 0.25) is 12.3 Å². The molecule has 2 aliphatic rings. The summed E-state index contributed by atoms with van der Waals surface area (Å²) in [5, 5.41) is 0. The van der Waals surface area contributed by atoms with Gasteiger partial charge in [-0.25, -0.2) is 0 Å². The van der Waals surface area contributed by atoms with Gasteiger partial charge in [0.05, 0.1) is 12.6 Å². The van der Waals surface area contributed by atoms with E-state index in [1.165, 1.54) is 22.4 Å². The molecule has 5 nitrogen and oxygen atoms in total. The summed E-state index contributed by atoms with van der Waals surface area (Å²) in [6, 6.07) is 11.3. The van der Waals surface area contributed by atoms with E-state index in [-0.39, 0.29) is 30.3 Å². The third-order valence-electron chi connectivity index (χ3n) is 7.96. The fourth-order valence-corrected chi connectivity index (χ4v) is 5.67. The van der Waals surface area contributed by atoms with Gasteiger partial charge in [-0.15, -0.1) is 0 Å². The highest BCUT2D eigenvalue weighted by atomic mass is 16.2. The summed E-state index contributed by atoms with van der Waals surface area (Å²) in [5.41, 5.74) is 6.01. The quantitative estimate of drug-likeness (QED) is 0.579. The fourth-order valence-electron chi connectivity index (χ4n) is 5.67. The van der Waals surface area contributed by atoms with Gasteiger partial charge in [0.25, 0.3) is 5.91 Å². The Morgan fingerprint density at radius 3 is 2.44 bits per heavy atom. The number of benzene rings is 2. The van der Waals surface area contributed by atoms with Gasteiger partial charge in [0, 0.05) is 18.0 Å². The third-order valence-corrected chi connectivity index (χ3v) is 7.96. The summed E-state index contributed by atoms with van der Waals surface area (Å²) in [5.74, 6) is 0.234. The number of imide groups is 1. The van der Waals surface area contributed by atoms with Crippen LogP contribution in [-0.4, -0.2) is 41.1 Å². The van der Waals surface area contributed by atoms with Crippen LogP contribution in [0.15, 0.2) is 36.4 Å². The number of rotatable bonds is 5. The molecule has 0 N–H and O–H groups in total. The zero-order chi connectivity index (χ0) is 24.4. The number of aryl methyl sites for hydroxylation is 3. The summed E-state index contributed by atoms with van der Waals surface area (Å²) < 4.78 is 0. The van der Waals surface area contributed by atoms with Gasteiger partial charge in [-0.1, -0.05) is 50.1 Å². The molecule has 1 saturated carbocycles. The molecular weight excluding hydrogens is 424 g/mol. The van der Waals surface area contributed by atoms with Gasteiger partial charge >= 0.3 is 0 Å². The molecule has 3 atom stereocenters. The van der Waals surface area contributed by atoms with Crippen molar-refractivity contribution < 1.29 is 14.4 Å². The number of carbonyl (C=O) groups is 3. The van der Waals surface area contributed by atoms with E-state index >= 15 is 0 Å². The second-order valence-corrected chi connectivity index (χ2v) is 10.2. The fraction of sp³-hybridized carbons (Fsp3) is 0.483. The molecule has 1 fully saturated rings. The average Bonchev–Trinajstić information content (AvgIpc) is 2.83. The maximum Gasteiger partial charge on any atom is 0.260 e. The maximum atomic E-state index is 13.8. The molecule has 0 spiro atoms. The van der Waals surface area contributed by atoms with Gasteiger partial charge in [0.15, 0.2) is 0 Å². The Bertz CT molecular complexity index is 1090. The first-order valence-electron chi connectivity index (χ1n) is 12.5. The molecular formula is C29H36N2O3. The average molecular weight is 461 g/mol. The predicted molar refractivity (Wildman–Crippen MR) is 133 cm³/mol. The van der Waals surface area contributed by atoms with Crippen LogP contribution >= 0.6 is 0 Å². The molecule has 2 aromatic rings. The molecule has 4 rings (SSSR count).